The molecule has 94 valence electrons. The summed E-state index contributed by atoms with van der Waals surface area (Å²) < 4.78 is 5.29. The number of thioether (sulfide) groups is 1. The van der Waals surface area contributed by atoms with E-state index in [1.165, 1.54) is 0 Å². The highest BCUT2D eigenvalue weighted by Gasteiger charge is 2.16. The van der Waals surface area contributed by atoms with Gasteiger partial charge in [-0.05, 0) is 6.92 Å². The molecule has 1 aromatic rings. The van der Waals surface area contributed by atoms with Crippen molar-refractivity contribution in [1.82, 2.24) is 15.0 Å². The predicted molar refractivity (Wildman–Crippen MR) is 68.3 cm³/mol. The van der Waals surface area contributed by atoms with Crippen LogP contribution in [0.5, 0.6) is 6.01 Å². The van der Waals surface area contributed by atoms with E-state index in [1.54, 1.807) is 0 Å². The van der Waals surface area contributed by atoms with Crippen molar-refractivity contribution in [3.63, 3.8) is 0 Å². The lowest BCUT2D eigenvalue weighted by molar-refractivity contribution is 0.312. The van der Waals surface area contributed by atoms with Gasteiger partial charge in [0.2, 0.25) is 11.9 Å². The SMILES string of the molecule is CCOc1nc(NN)nc(N2CCSCC2)n1. The number of hydrogen-bond acceptors (Lipinski definition) is 8. The first-order chi connectivity index (χ1) is 8.33. The second-order valence-corrected chi connectivity index (χ2v) is 4.64. The van der Waals surface area contributed by atoms with Crippen molar-refractivity contribution in [3.05, 3.63) is 0 Å². The summed E-state index contributed by atoms with van der Waals surface area (Å²) in [6.45, 7) is 4.27. The van der Waals surface area contributed by atoms with E-state index in [4.69, 9.17) is 10.6 Å². The van der Waals surface area contributed by atoms with E-state index in [1.807, 2.05) is 18.7 Å². The molecule has 2 heterocycles. The van der Waals surface area contributed by atoms with Crippen LogP contribution in [0.4, 0.5) is 11.9 Å². The molecule has 3 N–H and O–H groups in total. The van der Waals surface area contributed by atoms with Crippen LogP contribution in [0.3, 0.4) is 0 Å². The summed E-state index contributed by atoms with van der Waals surface area (Å²) in [5, 5.41) is 0. The van der Waals surface area contributed by atoms with Crippen molar-refractivity contribution in [3.8, 4) is 6.01 Å². The second-order valence-electron chi connectivity index (χ2n) is 3.42. The maximum atomic E-state index is 5.33. The highest BCUT2D eigenvalue weighted by atomic mass is 32.2. The number of aromatic nitrogens is 3. The Balaban J connectivity index is 2.21. The monoisotopic (exact) mass is 256 g/mol. The Hall–Kier alpha value is -1.28. The van der Waals surface area contributed by atoms with Gasteiger partial charge in [-0.2, -0.15) is 26.7 Å². The molecule has 0 unspecified atom stereocenters. The number of hydrogen-bond donors (Lipinski definition) is 2. The van der Waals surface area contributed by atoms with Gasteiger partial charge in [0.15, 0.2) is 0 Å². The summed E-state index contributed by atoms with van der Waals surface area (Å²) in [5.74, 6) is 8.45. The zero-order valence-electron chi connectivity index (χ0n) is 9.72. The molecular weight excluding hydrogens is 240 g/mol. The fourth-order valence-electron chi connectivity index (χ4n) is 1.51. The number of ether oxygens (including phenoxy) is 1. The first-order valence-corrected chi connectivity index (χ1v) is 6.67. The van der Waals surface area contributed by atoms with Crippen molar-refractivity contribution in [1.29, 1.82) is 0 Å². The van der Waals surface area contributed by atoms with Gasteiger partial charge >= 0.3 is 6.01 Å². The summed E-state index contributed by atoms with van der Waals surface area (Å²) in [6, 6.07) is 0.309. The molecule has 0 aliphatic carbocycles. The average Bonchev–Trinajstić information content (AvgIpc) is 2.40. The Morgan fingerprint density at radius 3 is 2.76 bits per heavy atom. The summed E-state index contributed by atoms with van der Waals surface area (Å²) in [7, 11) is 0. The van der Waals surface area contributed by atoms with E-state index in [0.717, 1.165) is 24.6 Å². The summed E-state index contributed by atoms with van der Waals surface area (Å²) in [6.07, 6.45) is 0. The van der Waals surface area contributed by atoms with E-state index >= 15 is 0 Å². The zero-order valence-corrected chi connectivity index (χ0v) is 10.5. The molecular formula is C9H16N6OS. The van der Waals surface area contributed by atoms with Crippen molar-refractivity contribution >= 4 is 23.7 Å². The van der Waals surface area contributed by atoms with E-state index in [0.29, 0.717) is 24.5 Å². The lowest BCUT2D eigenvalue weighted by Gasteiger charge is -2.26. The number of rotatable bonds is 4. The van der Waals surface area contributed by atoms with Crippen molar-refractivity contribution in [2.24, 2.45) is 5.84 Å². The van der Waals surface area contributed by atoms with Crippen LogP contribution in [0.25, 0.3) is 0 Å². The van der Waals surface area contributed by atoms with Crippen LogP contribution in [-0.4, -0.2) is 46.2 Å². The van der Waals surface area contributed by atoms with Crippen LogP contribution in [0.1, 0.15) is 6.92 Å². The van der Waals surface area contributed by atoms with Crippen LogP contribution in [0.15, 0.2) is 0 Å². The lowest BCUT2D eigenvalue weighted by atomic mass is 10.5. The Bertz CT molecular complexity index is 371. The van der Waals surface area contributed by atoms with Crippen LogP contribution >= 0.6 is 11.8 Å². The van der Waals surface area contributed by atoms with Crippen molar-refractivity contribution in [2.75, 3.05) is 41.5 Å². The maximum absolute atomic E-state index is 5.33. The second kappa shape index (κ2) is 5.87. The molecule has 0 saturated carbocycles. The van der Waals surface area contributed by atoms with Crippen LogP contribution < -0.4 is 20.9 Å². The molecule has 0 bridgehead atoms. The fraction of sp³-hybridized carbons (Fsp3) is 0.667. The normalized spacial score (nSPS) is 15.8. The van der Waals surface area contributed by atoms with Crippen LogP contribution in [-0.2, 0) is 0 Å². The number of nitrogens with two attached hydrogens (primary N) is 1. The van der Waals surface area contributed by atoms with Gasteiger partial charge in [-0.25, -0.2) is 5.84 Å². The van der Waals surface area contributed by atoms with E-state index < -0.39 is 0 Å². The summed E-state index contributed by atoms with van der Waals surface area (Å²) in [5.41, 5.74) is 2.43. The molecule has 2 rings (SSSR count). The number of anilines is 2. The van der Waals surface area contributed by atoms with Gasteiger partial charge in [0.1, 0.15) is 0 Å². The predicted octanol–water partition coefficient (Wildman–Crippen LogP) is 0.109. The molecule has 0 spiro atoms. The molecule has 17 heavy (non-hydrogen) atoms. The van der Waals surface area contributed by atoms with E-state index in [-0.39, 0.29) is 0 Å². The van der Waals surface area contributed by atoms with Crippen LogP contribution in [0.2, 0.25) is 0 Å². The number of nitrogen functional groups attached to an aromatic ring is 1. The smallest absolute Gasteiger partial charge is 0.323 e. The molecule has 1 aromatic heterocycles. The minimum atomic E-state index is 0.309. The first kappa shape index (κ1) is 12.2. The molecule has 1 aliphatic rings. The van der Waals surface area contributed by atoms with Gasteiger partial charge in [0.05, 0.1) is 6.61 Å². The third-order valence-electron chi connectivity index (χ3n) is 2.30. The van der Waals surface area contributed by atoms with Crippen molar-refractivity contribution < 1.29 is 4.74 Å². The van der Waals surface area contributed by atoms with Gasteiger partial charge in [-0.3, -0.25) is 5.43 Å². The van der Waals surface area contributed by atoms with Gasteiger partial charge < -0.3 is 9.64 Å². The molecule has 0 radical (unpaired) electrons. The van der Waals surface area contributed by atoms with E-state index in [2.05, 4.69) is 25.3 Å². The highest BCUT2D eigenvalue weighted by molar-refractivity contribution is 7.99. The van der Waals surface area contributed by atoms with Crippen molar-refractivity contribution in [2.45, 2.75) is 6.92 Å². The van der Waals surface area contributed by atoms with Gasteiger partial charge in [-0.15, -0.1) is 0 Å². The standard InChI is InChI=1S/C9H16N6OS/c1-2-16-9-12-7(14-10)11-8(13-9)15-3-5-17-6-4-15/h2-6,10H2,1H3,(H,11,12,13,14). The van der Waals surface area contributed by atoms with Gasteiger partial charge in [-0.1, -0.05) is 0 Å². The fourth-order valence-corrected chi connectivity index (χ4v) is 2.41. The quantitative estimate of drug-likeness (QED) is 0.579. The largest absolute Gasteiger partial charge is 0.464 e. The molecule has 1 fully saturated rings. The molecule has 8 heteroatoms. The average molecular weight is 256 g/mol. The minimum Gasteiger partial charge on any atom is -0.464 e. The topological polar surface area (TPSA) is 89.2 Å². The number of hydrazine groups is 1. The summed E-state index contributed by atoms with van der Waals surface area (Å²) >= 11 is 1.93. The molecule has 0 atom stereocenters. The Labute approximate surface area is 104 Å². The Kier molecular flexibility index (Phi) is 4.21. The maximum Gasteiger partial charge on any atom is 0.323 e. The molecule has 1 aliphatic heterocycles. The molecule has 7 nitrogen and oxygen atoms in total. The molecule has 1 saturated heterocycles. The molecule has 0 aromatic carbocycles. The van der Waals surface area contributed by atoms with Gasteiger partial charge in [0, 0.05) is 24.6 Å². The zero-order chi connectivity index (χ0) is 12.1. The Morgan fingerprint density at radius 2 is 2.12 bits per heavy atom. The van der Waals surface area contributed by atoms with E-state index in [9.17, 15) is 0 Å². The molecule has 0 amide bonds. The number of nitrogens with one attached hydrogen (secondary N) is 1. The first-order valence-electron chi connectivity index (χ1n) is 5.51. The third kappa shape index (κ3) is 3.10. The number of nitrogens with zero attached hydrogens (tertiary/aromatic N) is 4. The third-order valence-corrected chi connectivity index (χ3v) is 3.24. The van der Waals surface area contributed by atoms with Crippen LogP contribution in [0, 0.1) is 0 Å². The Morgan fingerprint density at radius 1 is 1.35 bits per heavy atom. The lowest BCUT2D eigenvalue weighted by Crippen LogP contribution is -2.34. The summed E-state index contributed by atoms with van der Waals surface area (Å²) in [4.78, 5) is 14.6. The van der Waals surface area contributed by atoms with Gasteiger partial charge in [0.25, 0.3) is 0 Å². The highest BCUT2D eigenvalue weighted by Crippen LogP contribution is 2.18. The minimum absolute atomic E-state index is 0.309.